The maximum Gasteiger partial charge on any atom is 0.193 e. The summed E-state index contributed by atoms with van der Waals surface area (Å²) in [5, 5.41) is 7.15. The standard InChI is InChI=1S/C22H31N5OS/c1-23-22(26-13-11-25(12-14-26)21-8-5-15-29-21)24-16-18-9-10-27(17-18)19-6-3-4-7-20(19)28-2/h3-8,15,18H,9-14,16-17H2,1-2H3,(H,23,24). The number of benzene rings is 1. The second kappa shape index (κ2) is 9.39. The third kappa shape index (κ3) is 4.61. The molecule has 6 nitrogen and oxygen atoms in total. The van der Waals surface area contributed by atoms with Crippen LogP contribution in [0.1, 0.15) is 6.42 Å². The van der Waals surface area contributed by atoms with Gasteiger partial charge in [-0.1, -0.05) is 12.1 Å². The smallest absolute Gasteiger partial charge is 0.193 e. The first kappa shape index (κ1) is 19.9. The number of hydrogen-bond donors (Lipinski definition) is 1. The highest BCUT2D eigenvalue weighted by Gasteiger charge is 2.26. The number of nitrogens with zero attached hydrogens (tertiary/aromatic N) is 4. The minimum absolute atomic E-state index is 0.615. The summed E-state index contributed by atoms with van der Waals surface area (Å²) in [7, 11) is 3.64. The van der Waals surface area contributed by atoms with Crippen molar-refractivity contribution < 1.29 is 4.74 Å². The molecule has 1 N–H and O–H groups in total. The predicted octanol–water partition coefficient (Wildman–Crippen LogP) is 2.98. The molecule has 1 aromatic carbocycles. The van der Waals surface area contributed by atoms with Crippen LogP contribution in [0.25, 0.3) is 0 Å². The van der Waals surface area contributed by atoms with E-state index in [4.69, 9.17) is 4.74 Å². The van der Waals surface area contributed by atoms with E-state index in [2.05, 4.69) is 54.7 Å². The maximum atomic E-state index is 5.54. The first-order chi connectivity index (χ1) is 14.3. The van der Waals surface area contributed by atoms with Crippen molar-refractivity contribution in [2.45, 2.75) is 6.42 Å². The van der Waals surface area contributed by atoms with E-state index < -0.39 is 0 Å². The van der Waals surface area contributed by atoms with Crippen LogP contribution in [0.2, 0.25) is 0 Å². The normalized spacial score (nSPS) is 20.3. The Labute approximate surface area is 177 Å². The lowest BCUT2D eigenvalue weighted by Crippen LogP contribution is -2.53. The number of anilines is 2. The van der Waals surface area contributed by atoms with Crippen LogP contribution >= 0.6 is 11.3 Å². The van der Waals surface area contributed by atoms with Crippen LogP contribution in [0.3, 0.4) is 0 Å². The molecular weight excluding hydrogens is 382 g/mol. The quantitative estimate of drug-likeness (QED) is 0.603. The summed E-state index contributed by atoms with van der Waals surface area (Å²) in [4.78, 5) is 11.8. The summed E-state index contributed by atoms with van der Waals surface area (Å²) >= 11 is 1.82. The zero-order chi connectivity index (χ0) is 20.1. The second-order valence-corrected chi connectivity index (χ2v) is 8.55. The number of rotatable bonds is 5. The SMILES string of the molecule is CN=C(NCC1CCN(c2ccccc2OC)C1)N1CCN(c2cccs2)CC1. The first-order valence-electron chi connectivity index (χ1n) is 10.4. The Kier molecular flexibility index (Phi) is 6.44. The Morgan fingerprint density at radius 2 is 1.93 bits per heavy atom. The summed E-state index contributed by atoms with van der Waals surface area (Å²) in [6, 6.07) is 12.6. The maximum absolute atomic E-state index is 5.54. The molecule has 7 heteroatoms. The summed E-state index contributed by atoms with van der Waals surface area (Å²) < 4.78 is 5.54. The number of guanidine groups is 1. The Bertz CT molecular complexity index is 801. The molecule has 1 atom stereocenters. The Hall–Kier alpha value is -2.41. The van der Waals surface area contributed by atoms with Crippen LogP contribution in [0.5, 0.6) is 5.75 Å². The lowest BCUT2D eigenvalue weighted by Gasteiger charge is -2.37. The van der Waals surface area contributed by atoms with Crippen LogP contribution in [-0.4, -0.2) is 70.8 Å². The molecular formula is C22H31N5OS. The largest absolute Gasteiger partial charge is 0.495 e. The van der Waals surface area contributed by atoms with E-state index in [1.54, 1.807) is 7.11 Å². The molecule has 0 saturated carbocycles. The highest BCUT2D eigenvalue weighted by atomic mass is 32.1. The van der Waals surface area contributed by atoms with Crippen molar-refractivity contribution in [3.8, 4) is 5.75 Å². The van der Waals surface area contributed by atoms with Gasteiger partial charge in [-0.05, 0) is 42.0 Å². The summed E-state index contributed by atoms with van der Waals surface area (Å²) in [5.41, 5.74) is 1.20. The molecule has 1 unspecified atom stereocenters. The monoisotopic (exact) mass is 413 g/mol. The van der Waals surface area contributed by atoms with E-state index in [0.29, 0.717) is 5.92 Å². The van der Waals surface area contributed by atoms with Gasteiger partial charge in [0.15, 0.2) is 5.96 Å². The van der Waals surface area contributed by atoms with E-state index in [-0.39, 0.29) is 0 Å². The van der Waals surface area contributed by atoms with Gasteiger partial charge in [0.1, 0.15) is 5.75 Å². The molecule has 2 saturated heterocycles. The molecule has 4 rings (SSSR count). The first-order valence-corrected chi connectivity index (χ1v) is 11.3. The number of ether oxygens (including phenoxy) is 1. The summed E-state index contributed by atoms with van der Waals surface area (Å²) in [6.45, 7) is 7.20. The molecule has 0 aliphatic carbocycles. The van der Waals surface area contributed by atoms with Crippen LogP contribution in [0.15, 0.2) is 46.8 Å². The summed E-state index contributed by atoms with van der Waals surface area (Å²) in [5.74, 6) is 2.61. The molecule has 3 heterocycles. The highest BCUT2D eigenvalue weighted by Crippen LogP contribution is 2.31. The number of para-hydroxylation sites is 2. The molecule has 2 aliphatic heterocycles. The highest BCUT2D eigenvalue weighted by molar-refractivity contribution is 7.14. The van der Waals surface area contributed by atoms with Crippen molar-refractivity contribution in [3.63, 3.8) is 0 Å². The average Bonchev–Trinajstić information content (AvgIpc) is 3.47. The van der Waals surface area contributed by atoms with E-state index in [1.165, 1.54) is 17.1 Å². The van der Waals surface area contributed by atoms with Crippen molar-refractivity contribution in [2.24, 2.45) is 10.9 Å². The number of nitrogens with one attached hydrogen (secondary N) is 1. The molecule has 0 bridgehead atoms. The van der Waals surface area contributed by atoms with E-state index in [1.807, 2.05) is 30.5 Å². The fourth-order valence-electron chi connectivity index (χ4n) is 4.27. The van der Waals surface area contributed by atoms with Crippen molar-refractivity contribution in [3.05, 3.63) is 41.8 Å². The van der Waals surface area contributed by atoms with Gasteiger partial charge in [0.2, 0.25) is 0 Å². The molecule has 0 radical (unpaired) electrons. The van der Waals surface area contributed by atoms with Gasteiger partial charge in [-0.25, -0.2) is 0 Å². The van der Waals surface area contributed by atoms with Gasteiger partial charge < -0.3 is 24.8 Å². The van der Waals surface area contributed by atoms with Crippen molar-refractivity contribution in [1.29, 1.82) is 0 Å². The van der Waals surface area contributed by atoms with Gasteiger partial charge in [0, 0.05) is 52.9 Å². The molecule has 29 heavy (non-hydrogen) atoms. The number of piperazine rings is 1. The fourth-order valence-corrected chi connectivity index (χ4v) is 5.05. The molecule has 2 aliphatic rings. The van der Waals surface area contributed by atoms with Gasteiger partial charge in [-0.15, -0.1) is 11.3 Å². The van der Waals surface area contributed by atoms with Crippen LogP contribution < -0.4 is 19.9 Å². The van der Waals surface area contributed by atoms with Crippen molar-refractivity contribution in [2.75, 3.05) is 69.8 Å². The molecule has 2 aromatic rings. The number of hydrogen-bond acceptors (Lipinski definition) is 5. The Balaban J connectivity index is 1.26. The number of aliphatic imine (C=N–C) groups is 1. The van der Waals surface area contributed by atoms with Gasteiger partial charge in [0.05, 0.1) is 17.8 Å². The molecule has 156 valence electrons. The zero-order valence-electron chi connectivity index (χ0n) is 17.4. The number of methoxy groups -OCH3 is 1. The lowest BCUT2D eigenvalue weighted by molar-refractivity contribution is 0.370. The lowest BCUT2D eigenvalue weighted by atomic mass is 10.1. The number of thiophene rings is 1. The van der Waals surface area contributed by atoms with E-state index in [9.17, 15) is 0 Å². The third-order valence-electron chi connectivity index (χ3n) is 5.87. The Morgan fingerprint density at radius 3 is 2.66 bits per heavy atom. The third-order valence-corrected chi connectivity index (χ3v) is 6.80. The second-order valence-electron chi connectivity index (χ2n) is 7.63. The fraction of sp³-hybridized carbons (Fsp3) is 0.500. The summed E-state index contributed by atoms with van der Waals surface area (Å²) in [6.07, 6.45) is 1.19. The van der Waals surface area contributed by atoms with Gasteiger partial charge >= 0.3 is 0 Å². The minimum Gasteiger partial charge on any atom is -0.495 e. The van der Waals surface area contributed by atoms with Crippen molar-refractivity contribution in [1.82, 2.24) is 10.2 Å². The van der Waals surface area contributed by atoms with Crippen molar-refractivity contribution >= 4 is 28.0 Å². The van der Waals surface area contributed by atoms with Gasteiger partial charge in [-0.3, -0.25) is 4.99 Å². The van der Waals surface area contributed by atoms with E-state index >= 15 is 0 Å². The van der Waals surface area contributed by atoms with Crippen LogP contribution in [-0.2, 0) is 0 Å². The molecule has 0 spiro atoms. The molecule has 1 aromatic heterocycles. The Morgan fingerprint density at radius 1 is 1.10 bits per heavy atom. The minimum atomic E-state index is 0.615. The predicted molar refractivity (Wildman–Crippen MR) is 123 cm³/mol. The topological polar surface area (TPSA) is 43.3 Å². The van der Waals surface area contributed by atoms with Crippen LogP contribution in [0, 0.1) is 5.92 Å². The van der Waals surface area contributed by atoms with E-state index in [0.717, 1.165) is 57.5 Å². The average molecular weight is 414 g/mol. The van der Waals surface area contributed by atoms with Gasteiger partial charge in [-0.2, -0.15) is 0 Å². The van der Waals surface area contributed by atoms with Gasteiger partial charge in [0.25, 0.3) is 0 Å². The zero-order valence-corrected chi connectivity index (χ0v) is 18.2. The molecule has 2 fully saturated rings. The molecule has 0 amide bonds. The van der Waals surface area contributed by atoms with Crippen LogP contribution in [0.4, 0.5) is 10.7 Å².